The van der Waals surface area contributed by atoms with Gasteiger partial charge >= 0.3 is 0 Å². The van der Waals surface area contributed by atoms with E-state index < -0.39 is 0 Å². The predicted molar refractivity (Wildman–Crippen MR) is 84.4 cm³/mol. The number of anilines is 1. The molecule has 1 aromatic heterocycles. The molecule has 0 saturated heterocycles. The molecule has 2 aromatic rings. The van der Waals surface area contributed by atoms with E-state index in [1.165, 1.54) is 0 Å². The van der Waals surface area contributed by atoms with Gasteiger partial charge < -0.3 is 10.1 Å². The molecule has 1 N–H and O–H groups in total. The molecule has 0 aliphatic carbocycles. The number of hydrogen-bond donors (Lipinski definition) is 1. The van der Waals surface area contributed by atoms with Crippen LogP contribution >= 0.6 is 11.6 Å². The van der Waals surface area contributed by atoms with Crippen LogP contribution in [0.4, 0.5) is 5.69 Å². The maximum absolute atomic E-state index is 12.4. The van der Waals surface area contributed by atoms with E-state index in [-0.39, 0.29) is 5.91 Å². The van der Waals surface area contributed by atoms with Crippen molar-refractivity contribution in [3.63, 3.8) is 0 Å². The van der Waals surface area contributed by atoms with Gasteiger partial charge in [0, 0.05) is 28.5 Å². The third-order valence-electron chi connectivity index (χ3n) is 3.43. The topological polar surface area (TPSA) is 51.2 Å². The van der Waals surface area contributed by atoms with Crippen molar-refractivity contribution in [1.82, 2.24) is 4.98 Å². The molecule has 2 rings (SSSR count). The Bertz CT molecular complexity index is 699. The van der Waals surface area contributed by atoms with E-state index in [2.05, 4.69) is 10.3 Å². The third kappa shape index (κ3) is 3.16. The Morgan fingerprint density at radius 2 is 2.00 bits per heavy atom. The quantitative estimate of drug-likeness (QED) is 0.935. The van der Waals surface area contributed by atoms with E-state index >= 15 is 0 Å². The van der Waals surface area contributed by atoms with Gasteiger partial charge in [0.25, 0.3) is 5.91 Å². The highest BCUT2D eigenvalue weighted by atomic mass is 35.5. The zero-order valence-electron chi connectivity index (χ0n) is 12.5. The van der Waals surface area contributed by atoms with Gasteiger partial charge in [-0.3, -0.25) is 9.78 Å². The van der Waals surface area contributed by atoms with Crippen LogP contribution < -0.4 is 10.1 Å². The lowest BCUT2D eigenvalue weighted by atomic mass is 10.1. The van der Waals surface area contributed by atoms with Gasteiger partial charge in [0.1, 0.15) is 5.75 Å². The number of ether oxygens (including phenoxy) is 1. The summed E-state index contributed by atoms with van der Waals surface area (Å²) in [6, 6.07) is 5.19. The highest BCUT2D eigenvalue weighted by molar-refractivity contribution is 6.31. The Balaban J connectivity index is 2.36. The first-order valence-electron chi connectivity index (χ1n) is 6.51. The SMILES string of the molecule is COc1cc(Cl)c(C)cc1NC(=O)c1ccnc(C)c1C. The molecule has 0 unspecified atom stereocenters. The Morgan fingerprint density at radius 1 is 1.29 bits per heavy atom. The summed E-state index contributed by atoms with van der Waals surface area (Å²) in [4.78, 5) is 16.6. The molecule has 0 spiro atoms. The largest absolute Gasteiger partial charge is 0.495 e. The maximum Gasteiger partial charge on any atom is 0.256 e. The molecule has 0 aliphatic heterocycles. The van der Waals surface area contributed by atoms with Gasteiger partial charge in [-0.1, -0.05) is 11.6 Å². The first kappa shape index (κ1) is 15.3. The monoisotopic (exact) mass is 304 g/mol. The fourth-order valence-corrected chi connectivity index (χ4v) is 2.16. The number of hydrogen-bond acceptors (Lipinski definition) is 3. The second-order valence-corrected chi connectivity index (χ2v) is 5.23. The number of benzene rings is 1. The van der Waals surface area contributed by atoms with Crippen molar-refractivity contribution in [3.8, 4) is 5.75 Å². The summed E-state index contributed by atoms with van der Waals surface area (Å²) in [5.41, 5.74) is 3.76. The minimum Gasteiger partial charge on any atom is -0.495 e. The number of halogens is 1. The number of nitrogens with zero attached hydrogens (tertiary/aromatic N) is 1. The smallest absolute Gasteiger partial charge is 0.256 e. The lowest BCUT2D eigenvalue weighted by molar-refractivity contribution is 0.102. The number of aryl methyl sites for hydroxylation is 2. The van der Waals surface area contributed by atoms with Crippen molar-refractivity contribution >= 4 is 23.2 Å². The van der Waals surface area contributed by atoms with E-state index in [9.17, 15) is 4.79 Å². The van der Waals surface area contributed by atoms with Crippen LogP contribution in [0.2, 0.25) is 5.02 Å². The molecule has 4 nitrogen and oxygen atoms in total. The van der Waals surface area contributed by atoms with Crippen LogP contribution in [0.25, 0.3) is 0 Å². The van der Waals surface area contributed by atoms with Crippen molar-refractivity contribution in [2.45, 2.75) is 20.8 Å². The minimum absolute atomic E-state index is 0.196. The maximum atomic E-state index is 12.4. The van der Waals surface area contributed by atoms with Crippen molar-refractivity contribution in [3.05, 3.63) is 51.8 Å². The highest BCUT2D eigenvalue weighted by Gasteiger charge is 2.14. The van der Waals surface area contributed by atoms with Gasteiger partial charge in [0.15, 0.2) is 0 Å². The van der Waals surface area contributed by atoms with Crippen LogP contribution in [0.3, 0.4) is 0 Å². The predicted octanol–water partition coefficient (Wildman–Crippen LogP) is 3.92. The third-order valence-corrected chi connectivity index (χ3v) is 3.84. The van der Waals surface area contributed by atoms with Crippen LogP contribution in [-0.4, -0.2) is 18.0 Å². The number of rotatable bonds is 3. The number of nitrogens with one attached hydrogen (secondary N) is 1. The van der Waals surface area contributed by atoms with E-state index in [4.69, 9.17) is 16.3 Å². The van der Waals surface area contributed by atoms with Gasteiger partial charge in [0.2, 0.25) is 0 Å². The summed E-state index contributed by atoms with van der Waals surface area (Å²) in [7, 11) is 1.54. The molecule has 0 aliphatic rings. The first-order chi connectivity index (χ1) is 9.93. The minimum atomic E-state index is -0.196. The van der Waals surface area contributed by atoms with Gasteiger partial charge in [-0.15, -0.1) is 0 Å². The summed E-state index contributed by atoms with van der Waals surface area (Å²) in [6.07, 6.45) is 1.63. The molecule has 5 heteroatoms. The molecule has 0 atom stereocenters. The van der Waals surface area contributed by atoms with E-state index in [1.54, 1.807) is 31.5 Å². The van der Waals surface area contributed by atoms with E-state index in [0.29, 0.717) is 22.0 Å². The van der Waals surface area contributed by atoms with Crippen LogP contribution in [0.1, 0.15) is 27.2 Å². The lowest BCUT2D eigenvalue weighted by Crippen LogP contribution is -2.15. The van der Waals surface area contributed by atoms with Gasteiger partial charge in [-0.05, 0) is 44.0 Å². The van der Waals surface area contributed by atoms with Gasteiger partial charge in [-0.25, -0.2) is 0 Å². The van der Waals surface area contributed by atoms with Crippen LogP contribution in [0, 0.1) is 20.8 Å². The van der Waals surface area contributed by atoms with Crippen molar-refractivity contribution in [1.29, 1.82) is 0 Å². The summed E-state index contributed by atoms with van der Waals surface area (Å²) < 4.78 is 5.26. The summed E-state index contributed by atoms with van der Waals surface area (Å²) >= 11 is 6.06. The molecule has 1 heterocycles. The number of methoxy groups -OCH3 is 1. The summed E-state index contributed by atoms with van der Waals surface area (Å²) in [6.45, 7) is 5.62. The van der Waals surface area contributed by atoms with Gasteiger partial charge in [0.05, 0.1) is 12.8 Å². The Morgan fingerprint density at radius 3 is 2.67 bits per heavy atom. The molecular formula is C16H17ClN2O2. The van der Waals surface area contributed by atoms with Crippen LogP contribution in [0.5, 0.6) is 5.75 Å². The average molecular weight is 305 g/mol. The first-order valence-corrected chi connectivity index (χ1v) is 6.89. The number of aromatic nitrogens is 1. The Kier molecular flexibility index (Phi) is 4.48. The van der Waals surface area contributed by atoms with E-state index in [0.717, 1.165) is 16.8 Å². The molecule has 0 fully saturated rings. The molecule has 0 radical (unpaired) electrons. The highest BCUT2D eigenvalue weighted by Crippen LogP contribution is 2.31. The lowest BCUT2D eigenvalue weighted by Gasteiger charge is -2.13. The number of carbonyl (C=O) groups is 1. The zero-order valence-corrected chi connectivity index (χ0v) is 13.2. The molecule has 110 valence electrons. The summed E-state index contributed by atoms with van der Waals surface area (Å²) in [5.74, 6) is 0.334. The fraction of sp³-hybridized carbons (Fsp3) is 0.250. The second kappa shape index (κ2) is 6.14. The van der Waals surface area contributed by atoms with Crippen LogP contribution in [-0.2, 0) is 0 Å². The number of carbonyl (C=O) groups excluding carboxylic acids is 1. The normalized spacial score (nSPS) is 10.3. The molecule has 1 aromatic carbocycles. The Hall–Kier alpha value is -2.07. The molecule has 0 saturated carbocycles. The number of amides is 1. The molecular weight excluding hydrogens is 288 g/mol. The Labute approximate surface area is 129 Å². The van der Waals surface area contributed by atoms with Crippen LogP contribution in [0.15, 0.2) is 24.4 Å². The van der Waals surface area contributed by atoms with Gasteiger partial charge in [-0.2, -0.15) is 0 Å². The molecule has 0 bridgehead atoms. The van der Waals surface area contributed by atoms with Crippen molar-refractivity contribution in [2.24, 2.45) is 0 Å². The van der Waals surface area contributed by atoms with Crippen molar-refractivity contribution < 1.29 is 9.53 Å². The summed E-state index contributed by atoms with van der Waals surface area (Å²) in [5, 5.41) is 3.46. The average Bonchev–Trinajstić information content (AvgIpc) is 2.45. The second-order valence-electron chi connectivity index (χ2n) is 4.82. The molecule has 21 heavy (non-hydrogen) atoms. The van der Waals surface area contributed by atoms with E-state index in [1.807, 2.05) is 20.8 Å². The molecule has 1 amide bonds. The fourth-order valence-electron chi connectivity index (χ4n) is 2.01. The zero-order chi connectivity index (χ0) is 15.6. The number of pyridine rings is 1. The van der Waals surface area contributed by atoms with Crippen molar-refractivity contribution in [2.75, 3.05) is 12.4 Å². The standard InChI is InChI=1S/C16H17ClN2O2/c1-9-7-14(15(21-4)8-13(9)17)19-16(20)12-5-6-18-11(3)10(12)2/h5-8H,1-4H3,(H,19,20).